The van der Waals surface area contributed by atoms with Gasteiger partial charge in [0, 0.05) is 56.3 Å². The summed E-state index contributed by atoms with van der Waals surface area (Å²) < 4.78 is 43.6. The molecule has 5 atom stereocenters. The summed E-state index contributed by atoms with van der Waals surface area (Å²) in [6.45, 7) is 1.04. The fourth-order valence-electron chi connectivity index (χ4n) is 9.10. The number of amides is 5. The van der Waals surface area contributed by atoms with Crippen LogP contribution in [0.3, 0.4) is 0 Å². The summed E-state index contributed by atoms with van der Waals surface area (Å²) in [4.78, 5) is 149. The van der Waals surface area contributed by atoms with Gasteiger partial charge in [0.2, 0.25) is 11.7 Å². The number of carbonyl (C=O) groups excluding carboxylic acids is 9. The van der Waals surface area contributed by atoms with Gasteiger partial charge in [0.1, 0.15) is 37.2 Å². The van der Waals surface area contributed by atoms with Crippen molar-refractivity contribution >= 4 is 76.2 Å². The smallest absolute Gasteiger partial charge is 0.412 e. The predicted octanol–water partition coefficient (Wildman–Crippen LogP) is 1.35. The van der Waals surface area contributed by atoms with E-state index in [0.717, 1.165) is 61.4 Å². The highest BCUT2D eigenvalue weighted by Crippen LogP contribution is 2.39. The lowest BCUT2D eigenvalue weighted by atomic mass is 10.0. The molecule has 3 aliphatic rings. The number of aromatic carboxylic acids is 1. The fraction of sp³-hybridized carbons (Fsp3) is 0.339. The summed E-state index contributed by atoms with van der Waals surface area (Å²) in [5.74, 6) is -19.2. The van der Waals surface area contributed by atoms with E-state index in [1.807, 2.05) is 0 Å². The second-order valence-corrected chi connectivity index (χ2v) is 20.4. The quantitative estimate of drug-likeness (QED) is 0.0305. The van der Waals surface area contributed by atoms with Crippen LogP contribution < -0.4 is 31.6 Å². The number of carboxylic acids is 1. The molecular weight excluding hydrogens is 1160 g/mol. The molecule has 1 unspecified atom stereocenters. The zero-order valence-corrected chi connectivity index (χ0v) is 46.1. The van der Waals surface area contributed by atoms with Crippen LogP contribution in [0.15, 0.2) is 71.7 Å². The van der Waals surface area contributed by atoms with Crippen LogP contribution in [-0.2, 0) is 42.9 Å². The molecule has 5 aromatic rings. The van der Waals surface area contributed by atoms with E-state index in [2.05, 4.69) is 21.3 Å². The minimum Gasteiger partial charge on any atom is -0.504 e. The average molecular weight is 1210 g/mol. The molecule has 8 rings (SSSR count). The second-order valence-electron chi connectivity index (χ2n) is 20.4. The maximum Gasteiger partial charge on any atom is 0.412 e. The maximum absolute atomic E-state index is 15.6. The van der Waals surface area contributed by atoms with E-state index >= 15 is 4.39 Å². The summed E-state index contributed by atoms with van der Waals surface area (Å²) >= 11 is 0. The van der Waals surface area contributed by atoms with Gasteiger partial charge in [0.25, 0.3) is 23.6 Å². The Labute approximate surface area is 489 Å². The van der Waals surface area contributed by atoms with Crippen molar-refractivity contribution in [2.45, 2.75) is 70.1 Å². The minimum absolute atomic E-state index is 0.000778. The van der Waals surface area contributed by atoms with E-state index in [1.54, 1.807) is 9.47 Å². The number of benzene rings is 4. The number of anilines is 1. The van der Waals surface area contributed by atoms with E-state index in [-0.39, 0.29) is 43.3 Å². The summed E-state index contributed by atoms with van der Waals surface area (Å²) in [6.07, 6.45) is 0.246. The average Bonchev–Trinajstić information content (AvgIpc) is 2.01. The number of carbonyl (C=O) groups is 10. The van der Waals surface area contributed by atoms with Crippen molar-refractivity contribution in [3.63, 3.8) is 0 Å². The number of hydrogen-bond acceptors (Lipinski definition) is 23. The van der Waals surface area contributed by atoms with E-state index in [0.29, 0.717) is 11.6 Å². The second kappa shape index (κ2) is 25.9. The van der Waals surface area contributed by atoms with Gasteiger partial charge in [-0.2, -0.15) is 0 Å². The van der Waals surface area contributed by atoms with Crippen molar-refractivity contribution in [3.05, 3.63) is 111 Å². The largest absolute Gasteiger partial charge is 0.504 e. The number of carboxylic acid groups (broad SMARTS) is 1. The molecule has 11 N–H and O–H groups in total. The molecule has 0 spiro atoms. The van der Waals surface area contributed by atoms with Crippen LogP contribution in [0.5, 0.6) is 34.5 Å². The molecule has 2 saturated heterocycles. The van der Waals surface area contributed by atoms with Crippen molar-refractivity contribution < 1.29 is 112 Å². The van der Waals surface area contributed by atoms with E-state index in [9.17, 15) is 88.5 Å². The van der Waals surface area contributed by atoms with Crippen LogP contribution in [0.1, 0.15) is 91.4 Å². The molecule has 3 heterocycles. The molecule has 1 aromatic heterocycles. The number of nitrogens with zero attached hydrogens (tertiary/aromatic N) is 3. The highest BCUT2D eigenvalue weighted by atomic mass is 19.1. The number of phenols is 6. The first-order valence-corrected chi connectivity index (χ1v) is 26.6. The zero-order valence-electron chi connectivity index (χ0n) is 46.1. The van der Waals surface area contributed by atoms with Gasteiger partial charge in [-0.05, 0) is 67.3 Å². The number of aromatic hydroxyl groups is 6. The number of cyclic esters (lactones) is 3. The maximum atomic E-state index is 15.6. The monoisotopic (exact) mass is 1210 g/mol. The standard InChI is InChI=1S/C56H56FN7O23/c1-24(2)42(55(81)86-25(3)87-56(82)63-14-12-62(13-15-63)38-19-37-30(18-33(38)57)43(68)32(51(76)77)20-64(37)27-10-11-27)61-47(72)26-16-31(46(71)41(67)17-26)50(75)60-36-23-85-53(79)34(58-48(73)28-6-4-8-39(65)44(28)69)21-83-52(78)35(22-84-54(36)80)59-49(74)29-7-5-9-40(66)45(29)70/h4-9,16-20,24-25,27,34-36,42,65-67,69-71H,10-15,21-23H2,1-3H3,(H,58,73)(H,59,74)(H,60,75)(H,61,72)(H,76,77)/t25?,34-,35-,36-,42-/m0/s1. The third kappa shape index (κ3) is 14.0. The first-order chi connectivity index (χ1) is 41.2. The van der Waals surface area contributed by atoms with Crippen molar-refractivity contribution in [2.75, 3.05) is 50.9 Å². The highest BCUT2D eigenvalue weighted by Gasteiger charge is 2.37. The molecule has 0 radical (unpaired) electrons. The normalized spacial score (nSPS) is 18.1. The molecule has 31 heteroatoms. The first-order valence-electron chi connectivity index (χ1n) is 26.6. The number of aromatic nitrogens is 1. The van der Waals surface area contributed by atoms with Gasteiger partial charge >= 0.3 is 35.9 Å². The molecule has 1 saturated carbocycles. The van der Waals surface area contributed by atoms with Crippen LogP contribution in [0, 0.1) is 11.7 Å². The van der Waals surface area contributed by atoms with Gasteiger partial charge < -0.3 is 95.1 Å². The summed E-state index contributed by atoms with van der Waals surface area (Å²) in [7, 11) is 0. The Hall–Kier alpha value is -10.9. The first kappa shape index (κ1) is 62.2. The van der Waals surface area contributed by atoms with E-state index < -0.39 is 189 Å². The van der Waals surface area contributed by atoms with Crippen molar-refractivity contribution in [3.8, 4) is 34.5 Å². The van der Waals surface area contributed by atoms with E-state index in [1.165, 1.54) is 37.9 Å². The Bertz CT molecular complexity index is 3630. The lowest BCUT2D eigenvalue weighted by Gasteiger charge is -2.36. The van der Waals surface area contributed by atoms with Crippen LogP contribution >= 0.6 is 0 Å². The number of hydrogen-bond donors (Lipinski definition) is 11. The lowest BCUT2D eigenvalue weighted by molar-refractivity contribution is -0.170. The van der Waals surface area contributed by atoms with Gasteiger partial charge in [-0.15, -0.1) is 0 Å². The van der Waals surface area contributed by atoms with E-state index in [4.69, 9.17) is 23.7 Å². The number of nitrogens with one attached hydrogen (secondary N) is 4. The lowest BCUT2D eigenvalue weighted by Crippen LogP contribution is -2.52. The molecule has 5 amide bonds. The Kier molecular flexibility index (Phi) is 18.5. The number of fused-ring (bicyclic) bond motifs is 1. The molecule has 2 aliphatic heterocycles. The molecule has 1 aliphatic carbocycles. The number of halogens is 1. The van der Waals surface area contributed by atoms with Gasteiger partial charge in [-0.1, -0.05) is 26.0 Å². The van der Waals surface area contributed by atoms with Gasteiger partial charge in [-0.25, -0.2) is 33.2 Å². The third-order valence-electron chi connectivity index (χ3n) is 14.0. The van der Waals surface area contributed by atoms with Crippen LogP contribution in [0.4, 0.5) is 14.9 Å². The van der Waals surface area contributed by atoms with Crippen LogP contribution in [0.25, 0.3) is 10.9 Å². The SMILES string of the molecule is CC(OC(=O)[C@@H](NC(=O)c1cc(O)c(O)c(C(=O)N[C@H]2COC(=O)[C@@H](NC(=O)c3cccc(O)c3O)COC(=O)[C@@H](NC(=O)c3cccc(O)c3O)COC2=O)c1)C(C)C)OC(=O)N1CCN(c2cc3c(cc2F)c(=O)c(C(=O)O)cn3C2CC2)CC1. The molecular formula is C56H56FN7O23. The van der Waals surface area contributed by atoms with Gasteiger partial charge in [0.15, 0.2) is 52.6 Å². The number of esters is 4. The minimum atomic E-state index is -2.12. The third-order valence-corrected chi connectivity index (χ3v) is 14.0. The summed E-state index contributed by atoms with van der Waals surface area (Å²) in [5.41, 5.74) is -3.48. The zero-order chi connectivity index (χ0) is 63.3. The van der Waals surface area contributed by atoms with Gasteiger partial charge in [-0.3, -0.25) is 24.0 Å². The van der Waals surface area contributed by atoms with Crippen molar-refractivity contribution in [1.82, 2.24) is 30.7 Å². The van der Waals surface area contributed by atoms with Crippen LogP contribution in [-0.4, -0.2) is 181 Å². The Morgan fingerprint density at radius 1 is 0.609 bits per heavy atom. The molecule has 30 nitrogen and oxygen atoms in total. The number of pyridine rings is 1. The Morgan fingerprint density at radius 3 is 1.59 bits per heavy atom. The molecule has 0 bridgehead atoms. The summed E-state index contributed by atoms with van der Waals surface area (Å²) in [5, 5.41) is 80.3. The number of para-hydroxylation sites is 2. The number of phenolic OH excluding ortho intramolecular Hbond substituents is 6. The predicted molar refractivity (Wildman–Crippen MR) is 291 cm³/mol. The Morgan fingerprint density at radius 2 is 1.10 bits per heavy atom. The van der Waals surface area contributed by atoms with Crippen molar-refractivity contribution in [1.29, 1.82) is 0 Å². The highest BCUT2D eigenvalue weighted by molar-refractivity contribution is 6.05. The molecule has 87 heavy (non-hydrogen) atoms. The fourth-order valence-corrected chi connectivity index (χ4v) is 9.10. The Balaban J connectivity index is 0.919. The molecule has 460 valence electrons. The van der Waals surface area contributed by atoms with Crippen LogP contribution in [0.2, 0.25) is 0 Å². The van der Waals surface area contributed by atoms with Crippen molar-refractivity contribution in [2.24, 2.45) is 5.92 Å². The molecule has 4 aromatic carbocycles. The number of rotatable bonds is 15. The topological polar surface area (TPSA) is 435 Å². The number of ether oxygens (including phenoxy) is 5. The van der Waals surface area contributed by atoms with Gasteiger partial charge in [0.05, 0.1) is 27.9 Å². The number of piperazine rings is 1. The molecule has 3 fully saturated rings. The summed E-state index contributed by atoms with van der Waals surface area (Å²) in [6, 6.07) is 2.68.